The summed E-state index contributed by atoms with van der Waals surface area (Å²) in [5, 5.41) is 0. The average molecular weight is 240 g/mol. The van der Waals surface area contributed by atoms with Crippen LogP contribution in [-0.2, 0) is 19.0 Å². The fourth-order valence-corrected chi connectivity index (χ4v) is 1.06. The SMILES string of the molecule is C#CCCC(/C=C/C(=O)OCC)OCOCC. The second kappa shape index (κ2) is 11.2. The molecule has 0 radical (unpaired) electrons. The molecule has 0 aliphatic carbocycles. The molecule has 0 fully saturated rings. The normalized spacial score (nSPS) is 12.3. The molecule has 0 aromatic rings. The molecule has 0 aliphatic heterocycles. The molecule has 96 valence electrons. The lowest BCUT2D eigenvalue weighted by Crippen LogP contribution is -2.13. The molecule has 4 heteroatoms. The first-order valence-electron chi connectivity index (χ1n) is 5.72. The van der Waals surface area contributed by atoms with E-state index in [-0.39, 0.29) is 18.9 Å². The van der Waals surface area contributed by atoms with Gasteiger partial charge in [-0.15, -0.1) is 12.3 Å². The number of hydrogen-bond acceptors (Lipinski definition) is 4. The molecule has 0 amide bonds. The monoisotopic (exact) mass is 240 g/mol. The molecule has 1 unspecified atom stereocenters. The molecule has 0 saturated carbocycles. The number of carbonyl (C=O) groups excluding carboxylic acids is 1. The van der Waals surface area contributed by atoms with Gasteiger partial charge in [-0.2, -0.15) is 0 Å². The fraction of sp³-hybridized carbons (Fsp3) is 0.615. The predicted molar refractivity (Wildman–Crippen MR) is 65.2 cm³/mol. The molecular weight excluding hydrogens is 220 g/mol. The van der Waals surface area contributed by atoms with E-state index < -0.39 is 0 Å². The number of hydrogen-bond donors (Lipinski definition) is 0. The van der Waals surface area contributed by atoms with Gasteiger partial charge in [-0.25, -0.2) is 4.79 Å². The Balaban J connectivity index is 4.07. The van der Waals surface area contributed by atoms with E-state index in [2.05, 4.69) is 5.92 Å². The summed E-state index contributed by atoms with van der Waals surface area (Å²) in [5.74, 6) is 2.15. The minimum Gasteiger partial charge on any atom is -0.463 e. The van der Waals surface area contributed by atoms with Crippen LogP contribution < -0.4 is 0 Å². The molecule has 0 spiro atoms. The van der Waals surface area contributed by atoms with E-state index in [1.54, 1.807) is 13.0 Å². The fourth-order valence-electron chi connectivity index (χ4n) is 1.06. The zero-order valence-electron chi connectivity index (χ0n) is 10.5. The smallest absolute Gasteiger partial charge is 0.330 e. The zero-order valence-corrected chi connectivity index (χ0v) is 10.5. The molecule has 4 nitrogen and oxygen atoms in total. The highest BCUT2D eigenvalue weighted by atomic mass is 16.7. The minimum absolute atomic E-state index is 0.193. The quantitative estimate of drug-likeness (QED) is 0.203. The summed E-state index contributed by atoms with van der Waals surface area (Å²) in [6.07, 6.45) is 9.21. The van der Waals surface area contributed by atoms with Crippen LogP contribution in [-0.4, -0.2) is 32.1 Å². The molecule has 0 rings (SSSR count). The van der Waals surface area contributed by atoms with Gasteiger partial charge in [-0.3, -0.25) is 0 Å². The van der Waals surface area contributed by atoms with E-state index >= 15 is 0 Å². The van der Waals surface area contributed by atoms with Crippen molar-refractivity contribution in [1.82, 2.24) is 0 Å². The number of terminal acetylenes is 1. The Morgan fingerprint density at radius 1 is 1.41 bits per heavy atom. The lowest BCUT2D eigenvalue weighted by molar-refractivity contribution is -0.137. The third kappa shape index (κ3) is 9.61. The molecule has 17 heavy (non-hydrogen) atoms. The van der Waals surface area contributed by atoms with Crippen LogP contribution in [0, 0.1) is 12.3 Å². The van der Waals surface area contributed by atoms with E-state index in [1.807, 2.05) is 6.92 Å². The predicted octanol–water partition coefficient (Wildman–Crippen LogP) is 1.90. The van der Waals surface area contributed by atoms with Gasteiger partial charge in [0.05, 0.1) is 12.7 Å². The van der Waals surface area contributed by atoms with Crippen molar-refractivity contribution >= 4 is 5.97 Å². The van der Waals surface area contributed by atoms with Gasteiger partial charge in [0.25, 0.3) is 0 Å². The molecule has 0 aromatic heterocycles. The summed E-state index contributed by atoms with van der Waals surface area (Å²) in [6.45, 7) is 4.78. The maximum atomic E-state index is 11.1. The number of carbonyl (C=O) groups is 1. The van der Waals surface area contributed by atoms with Crippen molar-refractivity contribution in [3.8, 4) is 12.3 Å². The standard InChI is InChI=1S/C13H20O4/c1-4-7-8-12(17-11-15-5-2)9-10-13(14)16-6-3/h1,9-10,12H,5-8,11H2,2-3H3/b10-9+. The molecule has 0 bridgehead atoms. The van der Waals surface area contributed by atoms with E-state index in [0.717, 1.165) is 0 Å². The molecule has 0 aliphatic rings. The second-order valence-electron chi connectivity index (χ2n) is 3.17. The number of rotatable bonds is 9. The van der Waals surface area contributed by atoms with Crippen LogP contribution in [0.25, 0.3) is 0 Å². The summed E-state index contributed by atoms with van der Waals surface area (Å²) < 4.78 is 15.2. The molecule has 0 aromatic carbocycles. The first-order chi connectivity index (χ1) is 8.24. The highest BCUT2D eigenvalue weighted by molar-refractivity contribution is 5.81. The van der Waals surface area contributed by atoms with Crippen molar-refractivity contribution in [1.29, 1.82) is 0 Å². The minimum atomic E-state index is -0.377. The summed E-state index contributed by atoms with van der Waals surface area (Å²) in [6, 6.07) is 0. The van der Waals surface area contributed by atoms with Crippen LogP contribution >= 0.6 is 0 Å². The Labute approximate surface area is 103 Å². The van der Waals surface area contributed by atoms with Gasteiger partial charge in [0.2, 0.25) is 0 Å². The van der Waals surface area contributed by atoms with Crippen molar-refractivity contribution in [2.45, 2.75) is 32.8 Å². The van der Waals surface area contributed by atoms with E-state index in [0.29, 0.717) is 26.1 Å². The lowest BCUT2D eigenvalue weighted by Gasteiger charge is -2.12. The Morgan fingerprint density at radius 2 is 2.18 bits per heavy atom. The van der Waals surface area contributed by atoms with Gasteiger partial charge in [0.15, 0.2) is 0 Å². The van der Waals surface area contributed by atoms with Gasteiger partial charge in [0.1, 0.15) is 6.79 Å². The Bertz CT molecular complexity index is 265. The Hall–Kier alpha value is -1.31. The summed E-state index contributed by atoms with van der Waals surface area (Å²) in [4.78, 5) is 11.1. The van der Waals surface area contributed by atoms with Crippen molar-refractivity contribution in [2.75, 3.05) is 20.0 Å². The highest BCUT2D eigenvalue weighted by Gasteiger charge is 2.05. The van der Waals surface area contributed by atoms with Crippen LogP contribution in [0.5, 0.6) is 0 Å². The van der Waals surface area contributed by atoms with Gasteiger partial charge in [-0.1, -0.05) is 0 Å². The third-order valence-electron chi connectivity index (χ3n) is 1.88. The van der Waals surface area contributed by atoms with Gasteiger partial charge in [0, 0.05) is 19.1 Å². The van der Waals surface area contributed by atoms with Crippen molar-refractivity contribution in [2.24, 2.45) is 0 Å². The van der Waals surface area contributed by atoms with Crippen LogP contribution in [0.3, 0.4) is 0 Å². The molecule has 0 heterocycles. The first kappa shape index (κ1) is 15.7. The third-order valence-corrected chi connectivity index (χ3v) is 1.88. The number of ether oxygens (including phenoxy) is 3. The first-order valence-corrected chi connectivity index (χ1v) is 5.72. The highest BCUT2D eigenvalue weighted by Crippen LogP contribution is 2.04. The molecular formula is C13H20O4. The zero-order chi connectivity index (χ0) is 12.9. The largest absolute Gasteiger partial charge is 0.463 e. The van der Waals surface area contributed by atoms with Crippen molar-refractivity contribution in [3.63, 3.8) is 0 Å². The lowest BCUT2D eigenvalue weighted by atomic mass is 10.2. The molecule has 1 atom stereocenters. The van der Waals surface area contributed by atoms with Crippen LogP contribution in [0.2, 0.25) is 0 Å². The van der Waals surface area contributed by atoms with Crippen LogP contribution in [0.15, 0.2) is 12.2 Å². The maximum Gasteiger partial charge on any atom is 0.330 e. The van der Waals surface area contributed by atoms with Gasteiger partial charge >= 0.3 is 5.97 Å². The number of esters is 1. The van der Waals surface area contributed by atoms with Crippen LogP contribution in [0.1, 0.15) is 26.7 Å². The van der Waals surface area contributed by atoms with Crippen LogP contribution in [0.4, 0.5) is 0 Å². The van der Waals surface area contributed by atoms with E-state index in [1.165, 1.54) is 6.08 Å². The molecule has 0 saturated heterocycles. The second-order valence-corrected chi connectivity index (χ2v) is 3.17. The summed E-state index contributed by atoms with van der Waals surface area (Å²) in [7, 11) is 0. The summed E-state index contributed by atoms with van der Waals surface area (Å²) >= 11 is 0. The average Bonchev–Trinajstić information content (AvgIpc) is 2.32. The maximum absolute atomic E-state index is 11.1. The topological polar surface area (TPSA) is 44.8 Å². The van der Waals surface area contributed by atoms with Gasteiger partial charge < -0.3 is 14.2 Å². The van der Waals surface area contributed by atoms with Crippen molar-refractivity contribution < 1.29 is 19.0 Å². The molecule has 0 N–H and O–H groups in total. The Morgan fingerprint density at radius 3 is 2.76 bits per heavy atom. The van der Waals surface area contributed by atoms with Gasteiger partial charge in [-0.05, 0) is 26.3 Å². The van der Waals surface area contributed by atoms with E-state index in [9.17, 15) is 4.79 Å². The van der Waals surface area contributed by atoms with Crippen molar-refractivity contribution in [3.05, 3.63) is 12.2 Å². The van der Waals surface area contributed by atoms with E-state index in [4.69, 9.17) is 20.6 Å². The summed E-state index contributed by atoms with van der Waals surface area (Å²) in [5.41, 5.74) is 0. The Kier molecular flexibility index (Phi) is 10.3.